The van der Waals surface area contributed by atoms with Crippen molar-refractivity contribution in [1.29, 1.82) is 0 Å². The molecule has 1 N–H and O–H groups in total. The number of hydrogen-bond acceptors (Lipinski definition) is 3. The number of anilines is 2. The number of nitrogens with zero attached hydrogens (tertiary/aromatic N) is 3. The Morgan fingerprint density at radius 1 is 1.19 bits per heavy atom. The molecule has 1 aliphatic rings. The van der Waals surface area contributed by atoms with E-state index in [1.54, 1.807) is 58.5 Å². The topological polar surface area (TPSA) is 67.2 Å². The summed E-state index contributed by atoms with van der Waals surface area (Å²) in [5, 5.41) is 3.35. The second-order valence-corrected chi connectivity index (χ2v) is 6.70. The summed E-state index contributed by atoms with van der Waals surface area (Å²) in [4.78, 5) is 30.3. The first-order valence-corrected chi connectivity index (χ1v) is 8.99. The molecule has 0 radical (unpaired) electrons. The summed E-state index contributed by atoms with van der Waals surface area (Å²) in [6, 6.07) is 12.4. The van der Waals surface area contributed by atoms with Gasteiger partial charge in [-0.15, -0.1) is 0 Å². The molecule has 0 bridgehead atoms. The van der Waals surface area contributed by atoms with Crippen LogP contribution in [0.4, 0.5) is 11.4 Å². The van der Waals surface area contributed by atoms with Crippen LogP contribution < -0.4 is 10.2 Å². The number of hydrogen-bond donors (Lipinski definition) is 1. The van der Waals surface area contributed by atoms with Crippen LogP contribution in [0, 0.1) is 0 Å². The lowest BCUT2D eigenvalue weighted by molar-refractivity contribution is -0.117. The maximum atomic E-state index is 12.6. The van der Waals surface area contributed by atoms with E-state index in [2.05, 4.69) is 10.3 Å². The van der Waals surface area contributed by atoms with Crippen molar-refractivity contribution in [3.05, 3.63) is 71.8 Å². The molecular formula is C20H17ClN4O2. The molecule has 0 atom stereocenters. The number of aromatic nitrogens is 2. The average molecular weight is 381 g/mol. The van der Waals surface area contributed by atoms with Gasteiger partial charge in [0.2, 0.25) is 5.91 Å². The summed E-state index contributed by atoms with van der Waals surface area (Å²) in [6.07, 6.45) is 6.52. The highest BCUT2D eigenvalue weighted by Gasteiger charge is 2.22. The second kappa shape index (κ2) is 7.25. The van der Waals surface area contributed by atoms with Crippen molar-refractivity contribution < 1.29 is 9.59 Å². The van der Waals surface area contributed by atoms with Gasteiger partial charge in [0, 0.05) is 42.3 Å². The molecule has 1 aromatic heterocycles. The minimum Gasteiger partial charge on any atom is -0.322 e. The molecule has 7 heteroatoms. The maximum Gasteiger partial charge on any atom is 0.255 e. The third kappa shape index (κ3) is 3.57. The summed E-state index contributed by atoms with van der Waals surface area (Å²) < 4.78 is 1.80. The number of nitrogens with one attached hydrogen (secondary N) is 1. The second-order valence-electron chi connectivity index (χ2n) is 6.29. The van der Waals surface area contributed by atoms with Crippen molar-refractivity contribution >= 4 is 34.8 Å². The molecule has 2 amide bonds. The van der Waals surface area contributed by atoms with Gasteiger partial charge in [0.15, 0.2) is 0 Å². The Morgan fingerprint density at radius 2 is 2.07 bits per heavy atom. The van der Waals surface area contributed by atoms with E-state index >= 15 is 0 Å². The third-order valence-electron chi connectivity index (χ3n) is 4.48. The van der Waals surface area contributed by atoms with Crippen LogP contribution in [-0.4, -0.2) is 27.9 Å². The van der Waals surface area contributed by atoms with Gasteiger partial charge < -0.3 is 14.8 Å². The molecule has 4 rings (SSSR count). The van der Waals surface area contributed by atoms with Crippen LogP contribution in [-0.2, 0) is 4.79 Å². The van der Waals surface area contributed by atoms with Crippen molar-refractivity contribution in [3.63, 3.8) is 0 Å². The van der Waals surface area contributed by atoms with Gasteiger partial charge in [-0.3, -0.25) is 9.59 Å². The Kier molecular flexibility index (Phi) is 4.64. The van der Waals surface area contributed by atoms with Crippen LogP contribution in [0.2, 0.25) is 5.02 Å². The van der Waals surface area contributed by atoms with Crippen LogP contribution in [0.25, 0.3) is 5.69 Å². The zero-order valence-electron chi connectivity index (χ0n) is 14.4. The monoisotopic (exact) mass is 380 g/mol. The summed E-state index contributed by atoms with van der Waals surface area (Å²) in [6.45, 7) is 0.690. The van der Waals surface area contributed by atoms with Gasteiger partial charge in [0.05, 0.1) is 17.0 Å². The Balaban J connectivity index is 1.52. The fourth-order valence-corrected chi connectivity index (χ4v) is 3.41. The minimum atomic E-state index is -0.255. The largest absolute Gasteiger partial charge is 0.322 e. The van der Waals surface area contributed by atoms with Gasteiger partial charge in [0.25, 0.3) is 5.91 Å². The van der Waals surface area contributed by atoms with Crippen LogP contribution in [0.15, 0.2) is 61.2 Å². The maximum absolute atomic E-state index is 12.6. The molecular weight excluding hydrogens is 364 g/mol. The van der Waals surface area contributed by atoms with Crippen LogP contribution >= 0.6 is 11.6 Å². The van der Waals surface area contributed by atoms with E-state index in [-0.39, 0.29) is 11.8 Å². The third-order valence-corrected chi connectivity index (χ3v) is 4.78. The van der Waals surface area contributed by atoms with Crippen molar-refractivity contribution in [2.24, 2.45) is 0 Å². The molecule has 1 aliphatic heterocycles. The fraction of sp³-hybridized carbons (Fsp3) is 0.150. The van der Waals surface area contributed by atoms with E-state index in [0.29, 0.717) is 29.2 Å². The molecule has 27 heavy (non-hydrogen) atoms. The van der Waals surface area contributed by atoms with Gasteiger partial charge >= 0.3 is 0 Å². The Morgan fingerprint density at radius 3 is 2.78 bits per heavy atom. The molecule has 1 saturated heterocycles. The average Bonchev–Trinajstić information content (AvgIpc) is 3.34. The summed E-state index contributed by atoms with van der Waals surface area (Å²) >= 11 is 6.33. The molecule has 2 aromatic carbocycles. The molecule has 3 aromatic rings. The van der Waals surface area contributed by atoms with Crippen molar-refractivity contribution in [2.45, 2.75) is 12.8 Å². The van der Waals surface area contributed by atoms with E-state index in [0.717, 1.165) is 17.8 Å². The Bertz CT molecular complexity index is 1000. The van der Waals surface area contributed by atoms with Gasteiger partial charge in [0.1, 0.15) is 0 Å². The minimum absolute atomic E-state index is 0.0921. The van der Waals surface area contributed by atoms with Crippen molar-refractivity contribution in [2.75, 3.05) is 16.8 Å². The summed E-state index contributed by atoms with van der Waals surface area (Å²) in [7, 11) is 0. The highest BCUT2D eigenvalue weighted by molar-refractivity contribution is 6.32. The predicted octanol–water partition coefficient (Wildman–Crippen LogP) is 3.90. The standard InChI is InChI=1S/C20H17ClN4O2/c21-17-12-15(6-7-18(17)24-10-8-22-13-24)23-20(27)14-3-1-4-16(11-14)25-9-2-5-19(25)26/h1,3-4,6-8,10-13H,2,5,9H2,(H,23,27). The van der Waals surface area contributed by atoms with Gasteiger partial charge in [-0.25, -0.2) is 4.98 Å². The SMILES string of the molecule is O=C(Nc1ccc(-n2ccnc2)c(Cl)c1)c1cccc(N2CCCC2=O)c1. The number of amides is 2. The first-order valence-electron chi connectivity index (χ1n) is 8.61. The van der Waals surface area contributed by atoms with Crippen molar-refractivity contribution in [3.8, 4) is 5.69 Å². The van der Waals surface area contributed by atoms with Gasteiger partial charge in [-0.05, 0) is 42.8 Å². The number of carbonyl (C=O) groups excluding carboxylic acids is 2. The number of rotatable bonds is 4. The first kappa shape index (κ1) is 17.3. The fourth-order valence-electron chi connectivity index (χ4n) is 3.14. The van der Waals surface area contributed by atoms with E-state index < -0.39 is 0 Å². The van der Waals surface area contributed by atoms with Gasteiger partial charge in [-0.2, -0.15) is 0 Å². The Hall–Kier alpha value is -3.12. The molecule has 6 nitrogen and oxygen atoms in total. The summed E-state index contributed by atoms with van der Waals surface area (Å²) in [5.41, 5.74) is 2.61. The molecule has 0 unspecified atom stereocenters. The lowest BCUT2D eigenvalue weighted by Crippen LogP contribution is -2.24. The van der Waals surface area contributed by atoms with E-state index in [1.807, 2.05) is 12.1 Å². The number of imidazole rings is 1. The first-order chi connectivity index (χ1) is 13.1. The van der Waals surface area contributed by atoms with E-state index in [4.69, 9.17) is 11.6 Å². The van der Waals surface area contributed by atoms with Crippen molar-refractivity contribution in [1.82, 2.24) is 9.55 Å². The van der Waals surface area contributed by atoms with E-state index in [9.17, 15) is 9.59 Å². The van der Waals surface area contributed by atoms with Crippen LogP contribution in [0.3, 0.4) is 0 Å². The highest BCUT2D eigenvalue weighted by atomic mass is 35.5. The zero-order chi connectivity index (χ0) is 18.8. The molecule has 1 fully saturated rings. The number of benzene rings is 2. The lowest BCUT2D eigenvalue weighted by Gasteiger charge is -2.16. The predicted molar refractivity (Wildman–Crippen MR) is 105 cm³/mol. The smallest absolute Gasteiger partial charge is 0.255 e. The lowest BCUT2D eigenvalue weighted by atomic mass is 10.1. The molecule has 0 aliphatic carbocycles. The zero-order valence-corrected chi connectivity index (χ0v) is 15.2. The molecule has 0 saturated carbocycles. The molecule has 136 valence electrons. The Labute approximate surface area is 161 Å². The quantitative estimate of drug-likeness (QED) is 0.746. The molecule has 2 heterocycles. The normalized spacial score (nSPS) is 13.8. The number of halogens is 1. The molecule has 0 spiro atoms. The number of carbonyl (C=O) groups is 2. The van der Waals surface area contributed by atoms with Crippen LogP contribution in [0.5, 0.6) is 0 Å². The van der Waals surface area contributed by atoms with Gasteiger partial charge in [-0.1, -0.05) is 17.7 Å². The van der Waals surface area contributed by atoms with E-state index in [1.165, 1.54) is 0 Å². The highest BCUT2D eigenvalue weighted by Crippen LogP contribution is 2.26. The summed E-state index contributed by atoms with van der Waals surface area (Å²) in [5.74, 6) is -0.163. The van der Waals surface area contributed by atoms with Crippen LogP contribution in [0.1, 0.15) is 23.2 Å².